The average molecular weight is 282 g/mol. The summed E-state index contributed by atoms with van der Waals surface area (Å²) < 4.78 is 5.22. The number of ether oxygens (including phenoxy) is 1. The minimum Gasteiger partial charge on any atom is -0.497 e. The highest BCUT2D eigenvalue weighted by molar-refractivity contribution is 5.33. The second-order valence-electron chi connectivity index (χ2n) is 4.76. The summed E-state index contributed by atoms with van der Waals surface area (Å²) in [7, 11) is 1.60. The summed E-state index contributed by atoms with van der Waals surface area (Å²) in [5.41, 5.74) is 1.70. The fourth-order valence-corrected chi connectivity index (χ4v) is 2.44. The van der Waals surface area contributed by atoms with E-state index in [-0.39, 0.29) is 18.4 Å². The Balaban J connectivity index is 2.39. The number of nitrogens with zero attached hydrogens (tertiary/aromatic N) is 2. The van der Waals surface area contributed by atoms with Crippen LogP contribution in [0.2, 0.25) is 0 Å². The van der Waals surface area contributed by atoms with Crippen molar-refractivity contribution in [3.63, 3.8) is 0 Å². The highest BCUT2D eigenvalue weighted by atomic mass is 16.5. The Kier molecular flexibility index (Phi) is 5.30. The van der Waals surface area contributed by atoms with E-state index in [9.17, 15) is 10.4 Å². The highest BCUT2D eigenvalue weighted by Crippen LogP contribution is 2.35. The van der Waals surface area contributed by atoms with E-state index in [0.717, 1.165) is 11.3 Å². The predicted octanol–water partition coefficient (Wildman–Crippen LogP) is 2.86. The van der Waals surface area contributed by atoms with Crippen LogP contribution in [0, 0.1) is 11.3 Å². The number of aliphatic hydroxyl groups is 1. The molecule has 1 N–H and O–H groups in total. The van der Waals surface area contributed by atoms with Gasteiger partial charge in [0, 0.05) is 30.5 Å². The van der Waals surface area contributed by atoms with Crippen molar-refractivity contribution in [2.75, 3.05) is 13.7 Å². The first-order valence-corrected chi connectivity index (χ1v) is 6.85. The number of hydrogen-bond acceptors (Lipinski definition) is 4. The molecule has 0 saturated heterocycles. The van der Waals surface area contributed by atoms with Gasteiger partial charge in [0.05, 0.1) is 19.1 Å². The molecule has 0 unspecified atom stereocenters. The number of aromatic nitrogens is 1. The zero-order valence-electron chi connectivity index (χ0n) is 11.9. The van der Waals surface area contributed by atoms with Crippen molar-refractivity contribution >= 4 is 0 Å². The molecule has 1 aromatic heterocycles. The van der Waals surface area contributed by atoms with Crippen LogP contribution in [-0.2, 0) is 0 Å². The van der Waals surface area contributed by atoms with Gasteiger partial charge in [-0.05, 0) is 18.1 Å². The lowest BCUT2D eigenvalue weighted by atomic mass is 9.82. The van der Waals surface area contributed by atoms with E-state index >= 15 is 0 Å². The highest BCUT2D eigenvalue weighted by Gasteiger charge is 2.25. The van der Waals surface area contributed by atoms with Gasteiger partial charge in [0.1, 0.15) is 5.75 Å². The van der Waals surface area contributed by atoms with Gasteiger partial charge in [-0.25, -0.2) is 0 Å². The summed E-state index contributed by atoms with van der Waals surface area (Å²) in [5.74, 6) is 0.183. The summed E-state index contributed by atoms with van der Waals surface area (Å²) in [6, 6.07) is 15.5. The van der Waals surface area contributed by atoms with Crippen LogP contribution in [-0.4, -0.2) is 23.8 Å². The summed E-state index contributed by atoms with van der Waals surface area (Å²) in [6.45, 7) is 0.00850. The number of nitriles is 1. The van der Waals surface area contributed by atoms with Crippen molar-refractivity contribution in [2.45, 2.75) is 18.3 Å². The largest absolute Gasteiger partial charge is 0.497 e. The third kappa shape index (κ3) is 3.59. The van der Waals surface area contributed by atoms with Crippen LogP contribution in [0.1, 0.15) is 29.5 Å². The van der Waals surface area contributed by atoms with Gasteiger partial charge >= 0.3 is 0 Å². The molecule has 0 aliphatic carbocycles. The van der Waals surface area contributed by atoms with E-state index in [0.29, 0.717) is 12.2 Å². The molecule has 0 spiro atoms. The van der Waals surface area contributed by atoms with E-state index in [4.69, 9.17) is 4.74 Å². The Morgan fingerprint density at radius 3 is 2.67 bits per heavy atom. The van der Waals surface area contributed by atoms with Gasteiger partial charge in [-0.3, -0.25) is 4.98 Å². The van der Waals surface area contributed by atoms with Gasteiger partial charge in [-0.2, -0.15) is 5.26 Å². The number of hydrogen-bond donors (Lipinski definition) is 1. The van der Waals surface area contributed by atoms with Gasteiger partial charge in [-0.15, -0.1) is 0 Å². The number of benzene rings is 1. The Morgan fingerprint density at radius 2 is 2.05 bits per heavy atom. The van der Waals surface area contributed by atoms with Crippen LogP contribution >= 0.6 is 0 Å². The van der Waals surface area contributed by atoms with Crippen LogP contribution in [0.5, 0.6) is 5.75 Å². The number of aliphatic hydroxyl groups excluding tert-OH is 1. The third-order valence-corrected chi connectivity index (χ3v) is 3.51. The monoisotopic (exact) mass is 282 g/mol. The Hall–Kier alpha value is -2.38. The van der Waals surface area contributed by atoms with Gasteiger partial charge in [0.2, 0.25) is 0 Å². The number of pyridine rings is 1. The van der Waals surface area contributed by atoms with Crippen molar-refractivity contribution in [2.24, 2.45) is 0 Å². The fourth-order valence-electron chi connectivity index (χ4n) is 2.44. The molecule has 0 saturated carbocycles. The van der Waals surface area contributed by atoms with Crippen molar-refractivity contribution in [3.8, 4) is 11.8 Å². The van der Waals surface area contributed by atoms with Gasteiger partial charge in [0.25, 0.3) is 0 Å². The van der Waals surface area contributed by atoms with Gasteiger partial charge in [0.15, 0.2) is 0 Å². The van der Waals surface area contributed by atoms with Gasteiger partial charge in [-0.1, -0.05) is 30.3 Å². The first-order valence-electron chi connectivity index (χ1n) is 6.85. The standard InChI is InChI=1S/C17H18N2O2/c1-21-14-7-9-19-17(11-14)15(8-10-20)16(12-18)13-5-3-2-4-6-13/h2-7,9,11,15-16,20H,8,10H2,1H3/t15-,16-/m1/s1. The van der Waals surface area contributed by atoms with Crippen molar-refractivity contribution in [1.29, 1.82) is 5.26 Å². The molecule has 0 aliphatic heterocycles. The Bertz CT molecular complexity index is 608. The summed E-state index contributed by atoms with van der Waals surface area (Å²) in [6.07, 6.45) is 2.14. The molecule has 1 aromatic carbocycles. The normalized spacial score (nSPS) is 13.2. The molecule has 21 heavy (non-hydrogen) atoms. The number of rotatable bonds is 6. The number of methoxy groups -OCH3 is 1. The quantitative estimate of drug-likeness (QED) is 0.884. The van der Waals surface area contributed by atoms with E-state index in [2.05, 4.69) is 11.1 Å². The van der Waals surface area contributed by atoms with Crippen molar-refractivity contribution in [3.05, 3.63) is 59.9 Å². The predicted molar refractivity (Wildman–Crippen MR) is 80.0 cm³/mol. The Morgan fingerprint density at radius 1 is 1.29 bits per heavy atom. The molecule has 2 aromatic rings. The van der Waals surface area contributed by atoms with E-state index < -0.39 is 0 Å². The SMILES string of the molecule is COc1ccnc([C@H](CCO)[C@H](C#N)c2ccccc2)c1. The second-order valence-corrected chi connectivity index (χ2v) is 4.76. The van der Waals surface area contributed by atoms with Crippen LogP contribution in [0.4, 0.5) is 0 Å². The van der Waals surface area contributed by atoms with Crippen LogP contribution in [0.3, 0.4) is 0 Å². The molecular weight excluding hydrogens is 264 g/mol. The fraction of sp³-hybridized carbons (Fsp3) is 0.294. The smallest absolute Gasteiger partial charge is 0.122 e. The lowest BCUT2D eigenvalue weighted by molar-refractivity contribution is 0.270. The topological polar surface area (TPSA) is 66.1 Å². The van der Waals surface area contributed by atoms with Crippen molar-refractivity contribution < 1.29 is 9.84 Å². The molecule has 0 radical (unpaired) electrons. The molecule has 4 heteroatoms. The molecule has 4 nitrogen and oxygen atoms in total. The maximum Gasteiger partial charge on any atom is 0.122 e. The summed E-state index contributed by atoms with van der Waals surface area (Å²) >= 11 is 0. The lowest BCUT2D eigenvalue weighted by Gasteiger charge is -2.21. The Labute approximate surface area is 124 Å². The van der Waals surface area contributed by atoms with E-state index in [1.165, 1.54) is 0 Å². The zero-order valence-corrected chi connectivity index (χ0v) is 11.9. The molecule has 0 amide bonds. The van der Waals surface area contributed by atoms with Gasteiger partial charge < -0.3 is 9.84 Å². The first kappa shape index (κ1) is 15.0. The summed E-state index contributed by atoms with van der Waals surface area (Å²) in [4.78, 5) is 4.36. The molecule has 0 fully saturated rings. The first-order chi connectivity index (χ1) is 10.3. The van der Waals surface area contributed by atoms with Crippen LogP contribution in [0.15, 0.2) is 48.7 Å². The lowest BCUT2D eigenvalue weighted by Crippen LogP contribution is -2.13. The molecular formula is C17H18N2O2. The minimum absolute atomic E-state index is 0.00850. The van der Waals surface area contributed by atoms with Crippen molar-refractivity contribution in [1.82, 2.24) is 4.98 Å². The molecule has 2 rings (SSSR count). The maximum atomic E-state index is 9.57. The zero-order chi connectivity index (χ0) is 15.1. The second kappa shape index (κ2) is 7.41. The molecule has 0 aliphatic rings. The molecule has 0 bridgehead atoms. The van der Waals surface area contributed by atoms with Crippen LogP contribution < -0.4 is 4.74 Å². The van der Waals surface area contributed by atoms with E-state index in [1.807, 2.05) is 36.4 Å². The third-order valence-electron chi connectivity index (χ3n) is 3.51. The summed E-state index contributed by atoms with van der Waals surface area (Å²) in [5, 5.41) is 18.9. The molecule has 2 atom stereocenters. The molecule has 1 heterocycles. The minimum atomic E-state index is -0.349. The maximum absolute atomic E-state index is 9.57. The molecule has 108 valence electrons. The van der Waals surface area contributed by atoms with E-state index in [1.54, 1.807) is 19.4 Å². The average Bonchev–Trinajstić information content (AvgIpc) is 2.56. The van der Waals surface area contributed by atoms with Crippen LogP contribution in [0.25, 0.3) is 0 Å².